The summed E-state index contributed by atoms with van der Waals surface area (Å²) in [6, 6.07) is 15.8. The Hall–Kier alpha value is -1.16. The molecule has 26 heavy (non-hydrogen) atoms. The highest BCUT2D eigenvalue weighted by atomic mass is 32.1. The largest absolute Gasteiger partial charge is 0.376 e. The lowest BCUT2D eigenvalue weighted by molar-refractivity contribution is -0.0830. The zero-order chi connectivity index (χ0) is 18.4. The van der Waals surface area contributed by atoms with Crippen LogP contribution in [0.4, 0.5) is 0 Å². The van der Waals surface area contributed by atoms with Crippen LogP contribution in [0.5, 0.6) is 0 Å². The van der Waals surface area contributed by atoms with Crippen molar-refractivity contribution in [3.63, 3.8) is 0 Å². The average Bonchev–Trinajstić information content (AvgIpc) is 3.15. The molecule has 1 aromatic carbocycles. The first-order valence-electron chi connectivity index (χ1n) is 9.98. The Bertz CT molecular complexity index is 637. The molecule has 1 saturated heterocycles. The first kappa shape index (κ1) is 19.6. The third kappa shape index (κ3) is 5.67. The number of nitrogens with one attached hydrogen (secondary N) is 1. The predicted octanol–water partition coefficient (Wildman–Crippen LogP) is 5.85. The van der Waals surface area contributed by atoms with Crippen LogP contribution >= 0.6 is 11.3 Å². The highest BCUT2D eigenvalue weighted by Gasteiger charge is 2.33. The monoisotopic (exact) mass is 371 g/mol. The van der Waals surface area contributed by atoms with Crippen molar-refractivity contribution in [2.24, 2.45) is 11.8 Å². The fourth-order valence-corrected chi connectivity index (χ4v) is 4.98. The molecule has 1 aliphatic rings. The molecule has 3 heteroatoms. The molecular weight excluding hydrogens is 338 g/mol. The molecule has 0 aliphatic carbocycles. The number of ether oxygens (including phenoxy) is 1. The van der Waals surface area contributed by atoms with Gasteiger partial charge in [-0.1, -0.05) is 36.4 Å². The van der Waals surface area contributed by atoms with Crippen molar-refractivity contribution in [3.05, 3.63) is 58.3 Å². The van der Waals surface area contributed by atoms with Crippen molar-refractivity contribution in [2.45, 2.75) is 58.1 Å². The highest BCUT2D eigenvalue weighted by Crippen LogP contribution is 2.36. The van der Waals surface area contributed by atoms with Crippen LogP contribution in [-0.4, -0.2) is 18.8 Å². The van der Waals surface area contributed by atoms with E-state index >= 15 is 0 Å². The highest BCUT2D eigenvalue weighted by molar-refractivity contribution is 7.10. The van der Waals surface area contributed by atoms with Gasteiger partial charge in [-0.25, -0.2) is 0 Å². The SMILES string of the molecule is C[C@H](NCC[C@@H](Cc1ccccc1)[C@@H]1CCOC(C)(C)C1)c1cccs1. The lowest BCUT2D eigenvalue weighted by atomic mass is 9.75. The Morgan fingerprint density at radius 2 is 2.00 bits per heavy atom. The minimum absolute atomic E-state index is 0.0234. The summed E-state index contributed by atoms with van der Waals surface area (Å²) in [5, 5.41) is 5.90. The second-order valence-electron chi connectivity index (χ2n) is 8.29. The van der Waals surface area contributed by atoms with Crippen LogP contribution in [0.1, 0.15) is 56.5 Å². The van der Waals surface area contributed by atoms with Gasteiger partial charge in [0.2, 0.25) is 0 Å². The van der Waals surface area contributed by atoms with E-state index < -0.39 is 0 Å². The number of hydrogen-bond acceptors (Lipinski definition) is 3. The standard InChI is InChI=1S/C23H33NOS/c1-18(22-10-7-15-26-22)24-13-11-20(16-19-8-5-4-6-9-19)21-12-14-25-23(2,3)17-21/h4-10,15,18,20-21,24H,11-14,16-17H2,1-3H3/t18-,20-,21+/m0/s1. The molecule has 0 radical (unpaired) electrons. The van der Waals surface area contributed by atoms with Gasteiger partial charge in [0.1, 0.15) is 0 Å². The molecule has 142 valence electrons. The van der Waals surface area contributed by atoms with Gasteiger partial charge in [-0.3, -0.25) is 0 Å². The van der Waals surface area contributed by atoms with Gasteiger partial charge in [0.15, 0.2) is 0 Å². The first-order chi connectivity index (χ1) is 12.5. The van der Waals surface area contributed by atoms with Crippen molar-refractivity contribution < 1.29 is 4.74 Å². The van der Waals surface area contributed by atoms with Gasteiger partial charge in [0.25, 0.3) is 0 Å². The van der Waals surface area contributed by atoms with Gasteiger partial charge < -0.3 is 10.1 Å². The van der Waals surface area contributed by atoms with E-state index in [1.54, 1.807) is 0 Å². The van der Waals surface area contributed by atoms with Gasteiger partial charge >= 0.3 is 0 Å². The van der Waals surface area contributed by atoms with Crippen LogP contribution in [0.3, 0.4) is 0 Å². The second-order valence-corrected chi connectivity index (χ2v) is 9.27. The molecule has 2 aromatic rings. The molecule has 0 bridgehead atoms. The molecule has 1 aliphatic heterocycles. The Morgan fingerprint density at radius 1 is 1.19 bits per heavy atom. The normalized spacial score (nSPS) is 22.0. The molecule has 0 saturated carbocycles. The number of benzene rings is 1. The molecule has 3 atom stereocenters. The molecule has 0 unspecified atom stereocenters. The van der Waals surface area contributed by atoms with Crippen LogP contribution in [0.25, 0.3) is 0 Å². The van der Waals surface area contributed by atoms with Crippen molar-refractivity contribution in [1.29, 1.82) is 0 Å². The smallest absolute Gasteiger partial charge is 0.0629 e. The van der Waals surface area contributed by atoms with Crippen molar-refractivity contribution >= 4 is 11.3 Å². The van der Waals surface area contributed by atoms with E-state index in [9.17, 15) is 0 Å². The Labute approximate surface area is 163 Å². The Kier molecular flexibility index (Phi) is 6.91. The van der Waals surface area contributed by atoms with E-state index in [2.05, 4.69) is 73.9 Å². The van der Waals surface area contributed by atoms with Crippen molar-refractivity contribution in [1.82, 2.24) is 5.32 Å². The average molecular weight is 372 g/mol. The van der Waals surface area contributed by atoms with E-state index in [1.807, 2.05) is 11.3 Å². The van der Waals surface area contributed by atoms with Crippen LogP contribution < -0.4 is 5.32 Å². The lowest BCUT2D eigenvalue weighted by Gasteiger charge is -2.39. The fourth-order valence-electron chi connectivity index (χ4n) is 4.23. The summed E-state index contributed by atoms with van der Waals surface area (Å²) in [6.45, 7) is 8.75. The molecule has 0 spiro atoms. The van der Waals surface area contributed by atoms with E-state index in [0.29, 0.717) is 12.0 Å². The van der Waals surface area contributed by atoms with Gasteiger partial charge in [-0.05, 0) is 81.8 Å². The molecule has 3 rings (SSSR count). The molecule has 2 heterocycles. The summed E-state index contributed by atoms with van der Waals surface area (Å²) < 4.78 is 5.97. The van der Waals surface area contributed by atoms with E-state index in [0.717, 1.165) is 19.1 Å². The number of hydrogen-bond donors (Lipinski definition) is 1. The van der Waals surface area contributed by atoms with Crippen molar-refractivity contribution in [3.8, 4) is 0 Å². The second kappa shape index (κ2) is 9.16. The maximum Gasteiger partial charge on any atom is 0.0629 e. The minimum atomic E-state index is 0.0234. The molecular formula is C23H33NOS. The summed E-state index contributed by atoms with van der Waals surface area (Å²) in [4.78, 5) is 1.43. The topological polar surface area (TPSA) is 21.3 Å². The molecule has 1 aromatic heterocycles. The predicted molar refractivity (Wildman–Crippen MR) is 112 cm³/mol. The molecule has 2 nitrogen and oxygen atoms in total. The third-order valence-corrected chi connectivity index (χ3v) is 6.73. The quantitative estimate of drug-likeness (QED) is 0.628. The maximum atomic E-state index is 5.97. The fraction of sp³-hybridized carbons (Fsp3) is 0.565. The molecule has 1 N–H and O–H groups in total. The van der Waals surface area contributed by atoms with Gasteiger partial charge in [0, 0.05) is 17.5 Å². The summed E-state index contributed by atoms with van der Waals surface area (Å²) in [5.41, 5.74) is 1.49. The van der Waals surface area contributed by atoms with Crippen LogP contribution in [0.2, 0.25) is 0 Å². The number of rotatable bonds is 8. The number of thiophene rings is 1. The van der Waals surface area contributed by atoms with Crippen LogP contribution in [-0.2, 0) is 11.2 Å². The van der Waals surface area contributed by atoms with E-state index in [4.69, 9.17) is 4.74 Å². The maximum absolute atomic E-state index is 5.97. The molecule has 1 fully saturated rings. The van der Waals surface area contributed by atoms with E-state index in [1.165, 1.54) is 36.1 Å². The molecule has 0 amide bonds. The first-order valence-corrected chi connectivity index (χ1v) is 10.9. The third-order valence-electron chi connectivity index (χ3n) is 5.68. The van der Waals surface area contributed by atoms with Gasteiger partial charge in [0.05, 0.1) is 5.60 Å². The van der Waals surface area contributed by atoms with Crippen LogP contribution in [0, 0.1) is 11.8 Å². The lowest BCUT2D eigenvalue weighted by Crippen LogP contribution is -2.38. The zero-order valence-corrected chi connectivity index (χ0v) is 17.2. The summed E-state index contributed by atoms with van der Waals surface area (Å²) in [6.07, 6.45) is 4.77. The van der Waals surface area contributed by atoms with Crippen LogP contribution in [0.15, 0.2) is 47.8 Å². The van der Waals surface area contributed by atoms with E-state index in [-0.39, 0.29) is 5.60 Å². The minimum Gasteiger partial charge on any atom is -0.376 e. The Morgan fingerprint density at radius 3 is 2.69 bits per heavy atom. The zero-order valence-electron chi connectivity index (χ0n) is 16.4. The summed E-state index contributed by atoms with van der Waals surface area (Å²) >= 11 is 1.84. The summed E-state index contributed by atoms with van der Waals surface area (Å²) in [5.74, 6) is 1.46. The van der Waals surface area contributed by atoms with Gasteiger partial charge in [-0.15, -0.1) is 11.3 Å². The summed E-state index contributed by atoms with van der Waals surface area (Å²) in [7, 11) is 0. The van der Waals surface area contributed by atoms with Crippen molar-refractivity contribution in [2.75, 3.05) is 13.2 Å². The van der Waals surface area contributed by atoms with Gasteiger partial charge in [-0.2, -0.15) is 0 Å². The Balaban J connectivity index is 1.60.